The van der Waals surface area contributed by atoms with E-state index in [1.807, 2.05) is 6.92 Å². The lowest BCUT2D eigenvalue weighted by Gasteiger charge is -2.21. The summed E-state index contributed by atoms with van der Waals surface area (Å²) in [6.45, 7) is 5.72. The van der Waals surface area contributed by atoms with E-state index in [1.54, 1.807) is 38.1 Å². The molecule has 0 aliphatic rings. The van der Waals surface area contributed by atoms with Crippen LogP contribution in [-0.4, -0.2) is 26.2 Å². The topological polar surface area (TPSA) is 66.4 Å². The average Bonchev–Trinajstić information content (AvgIpc) is 2.30. The molecule has 0 saturated carbocycles. The highest BCUT2D eigenvalue weighted by molar-refractivity contribution is 7.89. The van der Waals surface area contributed by atoms with Gasteiger partial charge in [0.15, 0.2) is 0 Å². The summed E-state index contributed by atoms with van der Waals surface area (Å²) in [6, 6.07) is 6.84. The van der Waals surface area contributed by atoms with Crippen molar-refractivity contribution in [3.63, 3.8) is 0 Å². The molecule has 0 aliphatic heterocycles. The van der Waals surface area contributed by atoms with E-state index in [0.717, 1.165) is 0 Å². The second-order valence-corrected chi connectivity index (χ2v) is 6.03. The largest absolute Gasteiger partial charge is 0.393 e. The van der Waals surface area contributed by atoms with Crippen molar-refractivity contribution in [2.24, 2.45) is 0 Å². The van der Waals surface area contributed by atoms with Gasteiger partial charge >= 0.3 is 0 Å². The fourth-order valence-electron chi connectivity index (χ4n) is 2.12. The zero-order valence-corrected chi connectivity index (χ0v) is 11.9. The van der Waals surface area contributed by atoms with Crippen molar-refractivity contribution >= 4 is 10.0 Å². The molecule has 0 spiro atoms. The van der Waals surface area contributed by atoms with E-state index in [9.17, 15) is 13.5 Å². The molecule has 0 radical (unpaired) electrons. The van der Waals surface area contributed by atoms with Gasteiger partial charge < -0.3 is 5.11 Å². The van der Waals surface area contributed by atoms with Crippen molar-refractivity contribution in [2.75, 3.05) is 6.54 Å². The Balaban J connectivity index is 3.30. The van der Waals surface area contributed by atoms with Gasteiger partial charge in [-0.2, -0.15) is 0 Å². The van der Waals surface area contributed by atoms with Crippen LogP contribution in [0.1, 0.15) is 38.7 Å². The number of rotatable bonds is 6. The Hall–Kier alpha value is -0.910. The van der Waals surface area contributed by atoms with E-state index < -0.39 is 16.1 Å². The molecule has 2 unspecified atom stereocenters. The molecule has 4 nitrogen and oxygen atoms in total. The van der Waals surface area contributed by atoms with E-state index in [4.69, 9.17) is 0 Å². The quantitative estimate of drug-likeness (QED) is 0.830. The average molecular weight is 271 g/mol. The molecule has 102 valence electrons. The minimum atomic E-state index is -3.49. The first-order valence-corrected chi connectivity index (χ1v) is 7.69. The Morgan fingerprint density at radius 1 is 1.28 bits per heavy atom. The van der Waals surface area contributed by atoms with Gasteiger partial charge in [0, 0.05) is 12.5 Å². The minimum absolute atomic E-state index is 0.172. The Kier molecular flexibility index (Phi) is 5.31. The van der Waals surface area contributed by atoms with Crippen LogP contribution in [0.2, 0.25) is 0 Å². The van der Waals surface area contributed by atoms with E-state index in [0.29, 0.717) is 18.5 Å². The number of hydrogen-bond donors (Lipinski definition) is 2. The number of aliphatic hydroxyl groups excluding tert-OH is 1. The molecule has 0 saturated heterocycles. The Labute approximate surface area is 109 Å². The Morgan fingerprint density at radius 3 is 2.39 bits per heavy atom. The molecule has 1 rings (SSSR count). The predicted octanol–water partition coefficient (Wildman–Crippen LogP) is 1.86. The second kappa shape index (κ2) is 6.31. The molecule has 2 atom stereocenters. The van der Waals surface area contributed by atoms with Crippen molar-refractivity contribution in [2.45, 2.75) is 44.1 Å². The first-order chi connectivity index (χ1) is 8.44. The third kappa shape index (κ3) is 3.31. The maximum atomic E-state index is 12.1. The van der Waals surface area contributed by atoms with Gasteiger partial charge in [0.05, 0.1) is 11.0 Å². The fourth-order valence-corrected chi connectivity index (χ4v) is 3.44. The lowest BCUT2D eigenvalue weighted by Crippen LogP contribution is -2.26. The number of hydrogen-bond acceptors (Lipinski definition) is 3. The van der Waals surface area contributed by atoms with Crippen LogP contribution in [0, 0.1) is 0 Å². The van der Waals surface area contributed by atoms with E-state index in [1.165, 1.54) is 0 Å². The highest BCUT2D eigenvalue weighted by atomic mass is 32.2. The van der Waals surface area contributed by atoms with E-state index in [-0.39, 0.29) is 10.8 Å². The molecule has 18 heavy (non-hydrogen) atoms. The molecule has 0 aliphatic carbocycles. The van der Waals surface area contributed by atoms with Crippen molar-refractivity contribution in [1.82, 2.24) is 4.72 Å². The van der Waals surface area contributed by atoms with Gasteiger partial charge in [0.25, 0.3) is 0 Å². The number of aliphatic hydroxyl groups is 1. The number of nitrogens with one attached hydrogen (secondary N) is 1. The van der Waals surface area contributed by atoms with E-state index >= 15 is 0 Å². The smallest absolute Gasteiger partial charge is 0.240 e. The van der Waals surface area contributed by atoms with Crippen molar-refractivity contribution < 1.29 is 13.5 Å². The van der Waals surface area contributed by atoms with Crippen LogP contribution in [0.3, 0.4) is 0 Å². The number of sulfonamides is 1. The number of benzene rings is 1. The lowest BCUT2D eigenvalue weighted by molar-refractivity contribution is 0.158. The molecule has 0 amide bonds. The molecule has 0 fully saturated rings. The van der Waals surface area contributed by atoms with Crippen LogP contribution < -0.4 is 4.72 Å². The van der Waals surface area contributed by atoms with Crippen molar-refractivity contribution in [3.8, 4) is 0 Å². The summed E-state index contributed by atoms with van der Waals surface area (Å²) in [7, 11) is -3.49. The molecule has 1 aromatic carbocycles. The van der Waals surface area contributed by atoms with Crippen LogP contribution in [0.5, 0.6) is 0 Å². The summed E-state index contributed by atoms with van der Waals surface area (Å²) < 4.78 is 26.7. The normalized spacial score (nSPS) is 15.3. The SMILES string of the molecule is CCNS(=O)(=O)c1ccccc1C(CC)C(C)O. The third-order valence-corrected chi connectivity index (χ3v) is 4.58. The highest BCUT2D eigenvalue weighted by Gasteiger charge is 2.24. The predicted molar refractivity (Wildman–Crippen MR) is 72.0 cm³/mol. The third-order valence-electron chi connectivity index (χ3n) is 2.96. The van der Waals surface area contributed by atoms with Crippen molar-refractivity contribution in [1.29, 1.82) is 0 Å². The molecular formula is C13H21NO3S. The summed E-state index contributed by atoms with van der Waals surface area (Å²) in [4.78, 5) is 0.264. The van der Waals surface area contributed by atoms with Gasteiger partial charge in [-0.15, -0.1) is 0 Å². The van der Waals surface area contributed by atoms with Crippen LogP contribution in [-0.2, 0) is 10.0 Å². The molecule has 2 N–H and O–H groups in total. The molecular weight excluding hydrogens is 250 g/mol. The maximum absolute atomic E-state index is 12.1. The van der Waals surface area contributed by atoms with Crippen LogP contribution in [0.15, 0.2) is 29.2 Å². The Bertz CT molecular complexity index is 483. The molecule has 5 heteroatoms. The maximum Gasteiger partial charge on any atom is 0.240 e. The Morgan fingerprint density at radius 2 is 1.89 bits per heavy atom. The summed E-state index contributed by atoms with van der Waals surface area (Å²) in [5, 5.41) is 9.77. The molecule has 0 bridgehead atoms. The van der Waals surface area contributed by atoms with Crippen molar-refractivity contribution in [3.05, 3.63) is 29.8 Å². The minimum Gasteiger partial charge on any atom is -0.393 e. The van der Waals surface area contributed by atoms with E-state index in [2.05, 4.69) is 4.72 Å². The summed E-state index contributed by atoms with van der Waals surface area (Å²) >= 11 is 0. The zero-order valence-electron chi connectivity index (χ0n) is 11.1. The zero-order chi connectivity index (χ0) is 13.8. The molecule has 0 heterocycles. The van der Waals surface area contributed by atoms with Gasteiger partial charge in [-0.1, -0.05) is 32.0 Å². The van der Waals surface area contributed by atoms with Gasteiger partial charge in [-0.3, -0.25) is 0 Å². The first kappa shape index (κ1) is 15.1. The first-order valence-electron chi connectivity index (χ1n) is 6.20. The summed E-state index contributed by atoms with van der Waals surface area (Å²) in [6.07, 6.45) is 0.115. The van der Waals surface area contributed by atoms with Gasteiger partial charge in [0.1, 0.15) is 0 Å². The lowest BCUT2D eigenvalue weighted by atomic mass is 9.92. The van der Waals surface area contributed by atoms with Gasteiger partial charge in [0.2, 0.25) is 10.0 Å². The van der Waals surface area contributed by atoms with Crippen LogP contribution in [0.25, 0.3) is 0 Å². The summed E-state index contributed by atoms with van der Waals surface area (Å²) in [5.74, 6) is -0.172. The summed E-state index contributed by atoms with van der Waals surface area (Å²) in [5.41, 5.74) is 0.677. The fraction of sp³-hybridized carbons (Fsp3) is 0.538. The second-order valence-electron chi connectivity index (χ2n) is 4.29. The highest BCUT2D eigenvalue weighted by Crippen LogP contribution is 2.29. The standard InChI is InChI=1S/C13H21NO3S/c1-4-11(10(3)15)12-8-6-7-9-13(12)18(16,17)14-5-2/h6-11,14-15H,4-5H2,1-3H3. The monoisotopic (exact) mass is 271 g/mol. The molecule has 1 aromatic rings. The van der Waals surface area contributed by atoms with Crippen LogP contribution in [0.4, 0.5) is 0 Å². The van der Waals surface area contributed by atoms with Gasteiger partial charge in [-0.05, 0) is 25.0 Å². The molecule has 0 aromatic heterocycles. The van der Waals surface area contributed by atoms with Crippen LogP contribution >= 0.6 is 0 Å². The van der Waals surface area contributed by atoms with Gasteiger partial charge in [-0.25, -0.2) is 13.1 Å².